The summed E-state index contributed by atoms with van der Waals surface area (Å²) in [5.41, 5.74) is 2.02. The van der Waals surface area contributed by atoms with Crippen molar-refractivity contribution in [3.05, 3.63) is 63.9 Å². The third kappa shape index (κ3) is 8.49. The van der Waals surface area contributed by atoms with Crippen LogP contribution in [0.1, 0.15) is 31.4 Å². The SMILES string of the molecule is CC(C)OCCCNCc1cc(Br)ccc1OCc1ccc(F)cc1.Cl. The maximum Gasteiger partial charge on any atom is 0.124 e. The molecule has 0 aromatic heterocycles. The zero-order valence-corrected chi connectivity index (χ0v) is 17.5. The number of ether oxygens (including phenoxy) is 2. The van der Waals surface area contributed by atoms with E-state index in [-0.39, 0.29) is 24.3 Å². The Hall–Kier alpha value is -1.14. The Balaban J connectivity index is 0.00000338. The van der Waals surface area contributed by atoms with Crippen LogP contribution in [0.5, 0.6) is 5.75 Å². The molecule has 0 aliphatic heterocycles. The van der Waals surface area contributed by atoms with Crippen molar-refractivity contribution in [1.29, 1.82) is 0 Å². The minimum Gasteiger partial charge on any atom is -0.489 e. The molecular formula is C20H26BrClFNO2. The summed E-state index contributed by atoms with van der Waals surface area (Å²) in [5.74, 6) is 0.595. The third-order valence-corrected chi connectivity index (χ3v) is 4.09. The number of hydrogen-bond acceptors (Lipinski definition) is 3. The molecule has 0 unspecified atom stereocenters. The first-order chi connectivity index (χ1) is 12.0. The van der Waals surface area contributed by atoms with E-state index in [1.54, 1.807) is 12.1 Å². The van der Waals surface area contributed by atoms with E-state index in [4.69, 9.17) is 9.47 Å². The molecule has 6 heteroatoms. The predicted octanol–water partition coefficient (Wildman–Crippen LogP) is 5.49. The Bertz CT molecular complexity index is 653. The maximum absolute atomic E-state index is 13.0. The van der Waals surface area contributed by atoms with Gasteiger partial charge in [0.05, 0.1) is 6.10 Å². The molecule has 1 N–H and O–H groups in total. The van der Waals surface area contributed by atoms with Gasteiger partial charge in [-0.25, -0.2) is 4.39 Å². The maximum atomic E-state index is 13.0. The molecule has 0 saturated carbocycles. The lowest BCUT2D eigenvalue weighted by molar-refractivity contribution is 0.0770. The monoisotopic (exact) mass is 445 g/mol. The molecule has 2 aromatic rings. The Morgan fingerprint density at radius 2 is 1.85 bits per heavy atom. The first-order valence-corrected chi connectivity index (χ1v) is 9.32. The van der Waals surface area contributed by atoms with Crippen LogP contribution in [-0.2, 0) is 17.9 Å². The fraction of sp³-hybridized carbons (Fsp3) is 0.400. The van der Waals surface area contributed by atoms with E-state index < -0.39 is 0 Å². The second-order valence-electron chi connectivity index (χ2n) is 6.12. The molecule has 0 bridgehead atoms. The van der Waals surface area contributed by atoms with Crippen LogP contribution in [0.4, 0.5) is 4.39 Å². The van der Waals surface area contributed by atoms with Crippen LogP contribution >= 0.6 is 28.3 Å². The van der Waals surface area contributed by atoms with Gasteiger partial charge in [-0.2, -0.15) is 0 Å². The van der Waals surface area contributed by atoms with E-state index in [1.165, 1.54) is 12.1 Å². The smallest absolute Gasteiger partial charge is 0.124 e. The summed E-state index contributed by atoms with van der Waals surface area (Å²) in [6.45, 7) is 6.87. The molecule has 0 aliphatic carbocycles. The van der Waals surface area contributed by atoms with Gasteiger partial charge in [0.25, 0.3) is 0 Å². The second-order valence-corrected chi connectivity index (χ2v) is 7.03. The van der Waals surface area contributed by atoms with E-state index in [9.17, 15) is 4.39 Å². The minimum absolute atomic E-state index is 0. The van der Waals surface area contributed by atoms with Crippen LogP contribution < -0.4 is 10.1 Å². The lowest BCUT2D eigenvalue weighted by Crippen LogP contribution is -2.18. The van der Waals surface area contributed by atoms with Crippen LogP contribution in [0.25, 0.3) is 0 Å². The minimum atomic E-state index is -0.237. The van der Waals surface area contributed by atoms with Crippen molar-refractivity contribution in [3.63, 3.8) is 0 Å². The van der Waals surface area contributed by atoms with Gasteiger partial charge in [-0.3, -0.25) is 0 Å². The summed E-state index contributed by atoms with van der Waals surface area (Å²) in [7, 11) is 0. The molecule has 2 aromatic carbocycles. The normalized spacial score (nSPS) is 10.7. The number of hydrogen-bond donors (Lipinski definition) is 1. The van der Waals surface area contributed by atoms with Gasteiger partial charge in [0, 0.05) is 23.2 Å². The summed E-state index contributed by atoms with van der Waals surface area (Å²) in [5, 5.41) is 3.42. The zero-order valence-electron chi connectivity index (χ0n) is 15.1. The number of rotatable bonds is 10. The lowest BCUT2D eigenvalue weighted by atomic mass is 10.2. The van der Waals surface area contributed by atoms with E-state index in [1.807, 2.05) is 26.0 Å². The van der Waals surface area contributed by atoms with Crippen molar-refractivity contribution in [2.45, 2.75) is 39.5 Å². The molecule has 0 saturated heterocycles. The molecule has 0 amide bonds. The Morgan fingerprint density at radius 1 is 1.12 bits per heavy atom. The highest BCUT2D eigenvalue weighted by Gasteiger charge is 2.06. The van der Waals surface area contributed by atoms with Gasteiger partial charge in [0.1, 0.15) is 18.2 Å². The third-order valence-electron chi connectivity index (χ3n) is 3.59. The van der Waals surface area contributed by atoms with E-state index in [0.29, 0.717) is 6.61 Å². The summed E-state index contributed by atoms with van der Waals surface area (Å²) in [6.07, 6.45) is 1.24. The summed E-state index contributed by atoms with van der Waals surface area (Å²) in [6, 6.07) is 12.3. The average molecular weight is 447 g/mol. The molecule has 3 nitrogen and oxygen atoms in total. The quantitative estimate of drug-likeness (QED) is 0.489. The first kappa shape index (κ1) is 22.9. The molecule has 0 aliphatic rings. The summed E-state index contributed by atoms with van der Waals surface area (Å²) < 4.78 is 25.4. The molecule has 144 valence electrons. The molecule has 0 fully saturated rings. The highest BCUT2D eigenvalue weighted by Crippen LogP contribution is 2.24. The van der Waals surface area contributed by atoms with Crippen molar-refractivity contribution in [3.8, 4) is 5.75 Å². The molecule has 0 atom stereocenters. The fourth-order valence-corrected chi connectivity index (χ4v) is 2.72. The van der Waals surface area contributed by atoms with Gasteiger partial charge < -0.3 is 14.8 Å². The van der Waals surface area contributed by atoms with E-state index in [2.05, 4.69) is 27.3 Å². The van der Waals surface area contributed by atoms with Crippen LogP contribution in [0, 0.1) is 5.82 Å². The molecule has 0 heterocycles. The zero-order chi connectivity index (χ0) is 18.1. The Kier molecular flexibility index (Phi) is 10.8. The van der Waals surface area contributed by atoms with Gasteiger partial charge in [-0.1, -0.05) is 28.1 Å². The van der Waals surface area contributed by atoms with Crippen LogP contribution in [0.3, 0.4) is 0 Å². The first-order valence-electron chi connectivity index (χ1n) is 8.52. The number of halogens is 3. The fourth-order valence-electron chi connectivity index (χ4n) is 2.31. The average Bonchev–Trinajstić information content (AvgIpc) is 2.58. The van der Waals surface area contributed by atoms with Gasteiger partial charge in [-0.05, 0) is 62.7 Å². The van der Waals surface area contributed by atoms with Crippen molar-refractivity contribution in [1.82, 2.24) is 5.32 Å². The van der Waals surface area contributed by atoms with Crippen molar-refractivity contribution in [2.75, 3.05) is 13.2 Å². The highest BCUT2D eigenvalue weighted by molar-refractivity contribution is 9.10. The van der Waals surface area contributed by atoms with E-state index >= 15 is 0 Å². The van der Waals surface area contributed by atoms with Crippen molar-refractivity contribution >= 4 is 28.3 Å². The Labute approximate surface area is 169 Å². The molecular weight excluding hydrogens is 421 g/mol. The molecule has 0 radical (unpaired) electrons. The number of nitrogens with one attached hydrogen (secondary N) is 1. The highest BCUT2D eigenvalue weighted by atomic mass is 79.9. The van der Waals surface area contributed by atoms with Gasteiger partial charge in [-0.15, -0.1) is 12.4 Å². The predicted molar refractivity (Wildman–Crippen MR) is 110 cm³/mol. The largest absolute Gasteiger partial charge is 0.489 e. The van der Waals surface area contributed by atoms with E-state index in [0.717, 1.165) is 47.5 Å². The van der Waals surface area contributed by atoms with Gasteiger partial charge in [0.15, 0.2) is 0 Å². The molecule has 2 rings (SSSR count). The Morgan fingerprint density at radius 3 is 2.54 bits per heavy atom. The second kappa shape index (κ2) is 12.3. The van der Waals surface area contributed by atoms with Crippen LogP contribution in [0.2, 0.25) is 0 Å². The van der Waals surface area contributed by atoms with Crippen molar-refractivity contribution < 1.29 is 13.9 Å². The lowest BCUT2D eigenvalue weighted by Gasteiger charge is -2.13. The topological polar surface area (TPSA) is 30.5 Å². The van der Waals surface area contributed by atoms with Crippen molar-refractivity contribution in [2.24, 2.45) is 0 Å². The standard InChI is InChI=1S/C20H25BrFNO2.ClH/c1-15(2)24-11-3-10-23-13-17-12-18(21)6-9-20(17)25-14-16-4-7-19(22)8-5-16;/h4-9,12,15,23H,3,10-11,13-14H2,1-2H3;1H. The molecule has 26 heavy (non-hydrogen) atoms. The van der Waals surface area contributed by atoms with Gasteiger partial charge in [0.2, 0.25) is 0 Å². The summed E-state index contributed by atoms with van der Waals surface area (Å²) >= 11 is 3.51. The number of benzene rings is 2. The molecule has 0 spiro atoms. The van der Waals surface area contributed by atoms with Crippen LogP contribution in [0.15, 0.2) is 46.9 Å². The van der Waals surface area contributed by atoms with Crippen LogP contribution in [-0.4, -0.2) is 19.3 Å². The summed E-state index contributed by atoms with van der Waals surface area (Å²) in [4.78, 5) is 0. The van der Waals surface area contributed by atoms with Gasteiger partial charge >= 0.3 is 0 Å².